The lowest BCUT2D eigenvalue weighted by molar-refractivity contribution is -0.144. The van der Waals surface area contributed by atoms with Gasteiger partial charge in [-0.25, -0.2) is 0 Å². The number of aromatic hydroxyl groups is 1. The number of hydrogen-bond acceptors (Lipinski definition) is 6. The molecule has 11 heteroatoms. The topological polar surface area (TPSA) is 147 Å². The average molecular weight is 559 g/mol. The summed E-state index contributed by atoms with van der Waals surface area (Å²) in [5.74, 6) is -0.134. The van der Waals surface area contributed by atoms with Crippen LogP contribution >= 0.6 is 45.2 Å². The third-order valence-corrected chi connectivity index (χ3v) is 3.77. The Hall–Kier alpha value is -0.220. The van der Waals surface area contributed by atoms with Crippen LogP contribution in [0.3, 0.4) is 0 Å². The van der Waals surface area contributed by atoms with Crippen molar-refractivity contribution in [3.8, 4) is 5.75 Å². The first-order valence-corrected chi connectivity index (χ1v) is 9.30. The third-order valence-electron chi connectivity index (χ3n) is 2.12. The molecule has 0 aliphatic rings. The molecule has 1 rings (SSSR count). The first-order valence-electron chi connectivity index (χ1n) is 5.74. The van der Waals surface area contributed by atoms with E-state index in [1.54, 1.807) is 6.92 Å². The van der Waals surface area contributed by atoms with Crippen molar-refractivity contribution in [3.63, 3.8) is 0 Å². The number of rotatable bonds is 4. The molecule has 0 aliphatic heterocycles. The van der Waals surface area contributed by atoms with Crippen molar-refractivity contribution in [3.05, 3.63) is 24.8 Å². The summed E-state index contributed by atoms with van der Waals surface area (Å²) in [6.45, 7) is 2.08. The van der Waals surface area contributed by atoms with E-state index in [0.29, 0.717) is 13.0 Å². The van der Waals surface area contributed by atoms with Gasteiger partial charge in [0, 0.05) is 0 Å². The van der Waals surface area contributed by atoms with E-state index in [1.165, 1.54) is 0 Å². The summed E-state index contributed by atoms with van der Waals surface area (Å²) in [6.07, 6.45) is 0.408. The number of carbonyl (C=O) groups excluding carboxylic acids is 1. The minimum atomic E-state index is -4.67. The van der Waals surface area contributed by atoms with Crippen LogP contribution in [0.1, 0.15) is 12.5 Å². The van der Waals surface area contributed by atoms with Gasteiger partial charge in [-0.05, 0) is 76.2 Å². The van der Waals surface area contributed by atoms with Crippen LogP contribution in [0.15, 0.2) is 12.1 Å². The van der Waals surface area contributed by atoms with Crippen LogP contribution in [0.2, 0.25) is 0 Å². The molecule has 8 nitrogen and oxygen atoms in total. The van der Waals surface area contributed by atoms with E-state index in [1.807, 2.05) is 57.3 Å². The summed E-state index contributed by atoms with van der Waals surface area (Å²) in [4.78, 5) is 11.4. The Bertz CT molecular complexity index is 590. The lowest BCUT2D eigenvalue weighted by Gasteiger charge is -2.11. The maximum absolute atomic E-state index is 11.4. The van der Waals surface area contributed by atoms with Crippen LogP contribution in [0.5, 0.6) is 5.75 Å². The van der Waals surface area contributed by atoms with Crippen molar-refractivity contribution >= 4 is 61.6 Å². The fourth-order valence-corrected chi connectivity index (χ4v) is 3.22. The van der Waals surface area contributed by atoms with E-state index in [9.17, 15) is 9.90 Å². The number of esters is 1. The number of ether oxygens (including phenoxy) is 1. The van der Waals surface area contributed by atoms with Crippen molar-refractivity contribution in [2.45, 2.75) is 19.4 Å². The Morgan fingerprint density at radius 2 is 1.73 bits per heavy atom. The minimum absolute atomic E-state index is 0.264. The van der Waals surface area contributed by atoms with Crippen molar-refractivity contribution in [1.29, 1.82) is 0 Å². The molecule has 0 aromatic heterocycles. The zero-order chi connectivity index (χ0) is 17.5. The Kier molecular flexibility index (Phi) is 9.72. The number of hydrogen-bond donors (Lipinski definition) is 4. The number of carbonyl (C=O) groups is 1. The largest absolute Gasteiger partial charge is 0.506 e. The van der Waals surface area contributed by atoms with Crippen LogP contribution in [0, 0.1) is 7.14 Å². The standard InChI is InChI=1S/C11H13I2NO3.H2O4S/c1-2-17-11(16)9(14)5-6-3-7(12)10(15)8(13)4-6;1-5(2,3)4/h3-4,9,15H,2,5,14H2,1H3;(H2,1,2,3,4)/t9-;/m0./s1. The Morgan fingerprint density at radius 3 is 2.09 bits per heavy atom. The molecule has 0 radical (unpaired) electrons. The van der Waals surface area contributed by atoms with Gasteiger partial charge in [0.15, 0.2) is 0 Å². The molecule has 22 heavy (non-hydrogen) atoms. The van der Waals surface area contributed by atoms with Crippen LogP contribution in [-0.2, 0) is 26.4 Å². The van der Waals surface area contributed by atoms with E-state index in [2.05, 4.69) is 0 Å². The number of phenolic OH excluding ortho intramolecular Hbond substituents is 1. The second-order valence-corrected chi connectivity index (χ2v) is 7.14. The molecule has 0 saturated carbocycles. The third kappa shape index (κ3) is 9.73. The number of phenols is 1. The van der Waals surface area contributed by atoms with Crippen molar-refractivity contribution < 1.29 is 32.2 Å². The van der Waals surface area contributed by atoms with Gasteiger partial charge >= 0.3 is 16.4 Å². The molecule has 0 bridgehead atoms. The maximum Gasteiger partial charge on any atom is 0.394 e. The molecule has 0 heterocycles. The SMILES string of the molecule is CCOC(=O)[C@@H](N)Cc1cc(I)c(O)c(I)c1.O=S(=O)(O)O. The molecule has 0 saturated heterocycles. The van der Waals surface area contributed by atoms with Crippen LogP contribution in [0.25, 0.3) is 0 Å². The van der Waals surface area contributed by atoms with Gasteiger partial charge in [0.05, 0.1) is 13.7 Å². The first kappa shape index (κ1) is 21.8. The summed E-state index contributed by atoms with van der Waals surface area (Å²) in [7, 11) is -4.67. The number of benzene rings is 1. The summed E-state index contributed by atoms with van der Waals surface area (Å²) in [6, 6.07) is 2.97. The van der Waals surface area contributed by atoms with E-state index < -0.39 is 22.4 Å². The van der Waals surface area contributed by atoms with E-state index in [4.69, 9.17) is 28.0 Å². The molecule has 0 unspecified atom stereocenters. The maximum atomic E-state index is 11.4. The summed E-state index contributed by atoms with van der Waals surface area (Å²) in [5, 5.41) is 9.62. The molecule has 0 spiro atoms. The molecule has 1 atom stereocenters. The highest BCUT2D eigenvalue weighted by Gasteiger charge is 2.16. The fourth-order valence-electron chi connectivity index (χ4n) is 1.32. The van der Waals surface area contributed by atoms with Gasteiger partial charge in [0.2, 0.25) is 0 Å². The lowest BCUT2D eigenvalue weighted by atomic mass is 10.1. The van der Waals surface area contributed by atoms with E-state index >= 15 is 0 Å². The molecule has 126 valence electrons. The quantitative estimate of drug-likeness (QED) is 0.246. The van der Waals surface area contributed by atoms with E-state index in [-0.39, 0.29) is 5.75 Å². The van der Waals surface area contributed by atoms with Gasteiger partial charge in [0.25, 0.3) is 0 Å². The van der Waals surface area contributed by atoms with Crippen LogP contribution in [0.4, 0.5) is 0 Å². The Morgan fingerprint density at radius 1 is 1.32 bits per heavy atom. The van der Waals surface area contributed by atoms with E-state index in [0.717, 1.165) is 12.7 Å². The molecule has 0 amide bonds. The van der Waals surface area contributed by atoms with Gasteiger partial charge in [0.1, 0.15) is 11.8 Å². The average Bonchev–Trinajstić information content (AvgIpc) is 2.34. The second-order valence-electron chi connectivity index (χ2n) is 3.92. The van der Waals surface area contributed by atoms with Crippen LogP contribution in [-0.4, -0.2) is 41.2 Å². The van der Waals surface area contributed by atoms with Crippen molar-refractivity contribution in [2.24, 2.45) is 5.73 Å². The molecule has 1 aromatic rings. The highest BCUT2D eigenvalue weighted by Crippen LogP contribution is 2.27. The number of nitrogens with two attached hydrogens (primary N) is 1. The van der Waals surface area contributed by atoms with Gasteiger partial charge in [-0.1, -0.05) is 0 Å². The lowest BCUT2D eigenvalue weighted by Crippen LogP contribution is -2.34. The highest BCUT2D eigenvalue weighted by atomic mass is 127. The molecular formula is C11H15I2NO7S. The first-order chi connectivity index (χ1) is 9.95. The van der Waals surface area contributed by atoms with Gasteiger partial charge in [-0.2, -0.15) is 8.42 Å². The predicted octanol–water partition coefficient (Wildman–Crippen LogP) is 1.38. The summed E-state index contributed by atoms with van der Waals surface area (Å²) in [5.41, 5.74) is 6.65. The smallest absolute Gasteiger partial charge is 0.394 e. The second kappa shape index (κ2) is 9.82. The van der Waals surface area contributed by atoms with Crippen molar-refractivity contribution in [2.75, 3.05) is 6.61 Å². The Balaban J connectivity index is 0.000000763. The molecule has 0 fully saturated rings. The molecular weight excluding hydrogens is 544 g/mol. The highest BCUT2D eigenvalue weighted by molar-refractivity contribution is 14.1. The zero-order valence-electron chi connectivity index (χ0n) is 11.4. The van der Waals surface area contributed by atoms with Gasteiger partial charge in [-0.3, -0.25) is 13.9 Å². The summed E-state index contributed by atoms with van der Waals surface area (Å²) >= 11 is 4.09. The minimum Gasteiger partial charge on any atom is -0.506 e. The fraction of sp³-hybridized carbons (Fsp3) is 0.364. The molecule has 0 aliphatic carbocycles. The molecule has 5 N–H and O–H groups in total. The van der Waals surface area contributed by atoms with Crippen molar-refractivity contribution in [1.82, 2.24) is 0 Å². The zero-order valence-corrected chi connectivity index (χ0v) is 16.5. The Labute approximate surface area is 155 Å². The predicted molar refractivity (Wildman–Crippen MR) is 96.0 cm³/mol. The monoisotopic (exact) mass is 559 g/mol. The van der Waals surface area contributed by atoms with Gasteiger partial charge in [-0.15, -0.1) is 0 Å². The summed E-state index contributed by atoms with van der Waals surface area (Å²) < 4.78 is 37.9. The van der Waals surface area contributed by atoms with Gasteiger partial charge < -0.3 is 15.6 Å². The number of halogens is 2. The normalized spacial score (nSPS) is 12.1. The van der Waals surface area contributed by atoms with Crippen LogP contribution < -0.4 is 5.73 Å². The molecule has 1 aromatic carbocycles.